The van der Waals surface area contributed by atoms with Gasteiger partial charge in [-0.1, -0.05) is 148 Å². The van der Waals surface area contributed by atoms with Gasteiger partial charge < -0.3 is 4.74 Å². The van der Waals surface area contributed by atoms with Crippen molar-refractivity contribution >= 4 is 5.97 Å². The Hall–Kier alpha value is -1.31. The number of aryl methyl sites for hydroxylation is 1. The van der Waals surface area contributed by atoms with Crippen LogP contribution in [0.5, 0.6) is 5.75 Å². The first-order valence-electron chi connectivity index (χ1n) is 14.9. The summed E-state index contributed by atoms with van der Waals surface area (Å²) in [7, 11) is 0. The van der Waals surface area contributed by atoms with Crippen LogP contribution in [0.25, 0.3) is 0 Å². The summed E-state index contributed by atoms with van der Waals surface area (Å²) >= 11 is 0. The van der Waals surface area contributed by atoms with E-state index < -0.39 is 0 Å². The number of para-hydroxylation sites is 1. The van der Waals surface area contributed by atoms with Gasteiger partial charge in [0.25, 0.3) is 0 Å². The summed E-state index contributed by atoms with van der Waals surface area (Å²) in [6.07, 6.45) is 27.4. The number of carbonyl (C=O) groups excluding carboxylic acids is 1. The molecule has 1 rings (SSSR count). The molecule has 0 aliphatic carbocycles. The van der Waals surface area contributed by atoms with Gasteiger partial charge in [-0.15, -0.1) is 0 Å². The van der Waals surface area contributed by atoms with E-state index in [0.717, 1.165) is 11.3 Å². The van der Waals surface area contributed by atoms with E-state index in [2.05, 4.69) is 13.8 Å². The maximum atomic E-state index is 12.7. The molecule has 2 nitrogen and oxygen atoms in total. The Balaban J connectivity index is 2.29. The minimum absolute atomic E-state index is 0.0501. The Morgan fingerprint density at radius 3 is 1.50 bits per heavy atom. The van der Waals surface area contributed by atoms with E-state index in [-0.39, 0.29) is 5.97 Å². The van der Waals surface area contributed by atoms with Crippen LogP contribution in [0.3, 0.4) is 0 Å². The fraction of sp³-hybridized carbons (Fsp3) is 0.781. The lowest BCUT2D eigenvalue weighted by molar-refractivity contribution is -0.135. The van der Waals surface area contributed by atoms with Crippen molar-refractivity contribution in [2.24, 2.45) is 5.92 Å². The van der Waals surface area contributed by atoms with Gasteiger partial charge >= 0.3 is 5.97 Å². The first-order chi connectivity index (χ1) is 16.7. The Labute approximate surface area is 212 Å². The zero-order valence-corrected chi connectivity index (χ0v) is 23.1. The molecule has 0 spiro atoms. The molecule has 0 radical (unpaired) electrons. The Bertz CT molecular complexity index is 594. The third-order valence-electron chi connectivity index (χ3n) is 7.20. The van der Waals surface area contributed by atoms with E-state index in [1.807, 2.05) is 31.2 Å². The minimum atomic E-state index is -0.0501. The monoisotopic (exact) mass is 472 g/mol. The average molecular weight is 473 g/mol. The number of benzene rings is 1. The highest BCUT2D eigenvalue weighted by Gasteiger charge is 2.16. The molecule has 1 unspecified atom stereocenters. The number of ether oxygens (including phenoxy) is 1. The van der Waals surface area contributed by atoms with Crippen molar-refractivity contribution in [3.63, 3.8) is 0 Å². The van der Waals surface area contributed by atoms with Gasteiger partial charge in [0.1, 0.15) is 5.75 Å². The number of hydrogen-bond donors (Lipinski definition) is 0. The molecule has 0 bridgehead atoms. The zero-order chi connectivity index (χ0) is 24.7. The summed E-state index contributed by atoms with van der Waals surface area (Å²) in [5, 5.41) is 0. The third-order valence-corrected chi connectivity index (χ3v) is 7.20. The summed E-state index contributed by atoms with van der Waals surface area (Å²) in [4.78, 5) is 12.7. The van der Waals surface area contributed by atoms with Gasteiger partial charge in [-0.2, -0.15) is 0 Å². The molecule has 0 fully saturated rings. The van der Waals surface area contributed by atoms with Gasteiger partial charge in [0.2, 0.25) is 0 Å². The summed E-state index contributed by atoms with van der Waals surface area (Å²) < 4.78 is 5.72. The third kappa shape index (κ3) is 17.2. The second-order valence-corrected chi connectivity index (χ2v) is 10.5. The maximum Gasteiger partial charge on any atom is 0.311 e. The summed E-state index contributed by atoms with van der Waals surface area (Å²) in [5.74, 6) is 1.15. The molecule has 1 aromatic rings. The Morgan fingerprint density at radius 2 is 1.06 bits per heavy atom. The number of hydrogen-bond acceptors (Lipinski definition) is 2. The summed E-state index contributed by atoms with van der Waals surface area (Å²) in [6.45, 7) is 6.56. The van der Waals surface area contributed by atoms with Crippen molar-refractivity contribution in [2.75, 3.05) is 0 Å². The SMILES string of the molecule is CCCCCCCCCCCCC(CCCCCCCCCC)CC(=O)Oc1ccccc1C. The lowest BCUT2D eigenvalue weighted by Crippen LogP contribution is -2.15. The van der Waals surface area contributed by atoms with Crippen LogP contribution in [0.2, 0.25) is 0 Å². The molecular weight excluding hydrogens is 416 g/mol. The van der Waals surface area contributed by atoms with E-state index in [9.17, 15) is 4.79 Å². The van der Waals surface area contributed by atoms with Gasteiger partial charge in [-0.05, 0) is 37.3 Å². The Kier molecular flexibility index (Phi) is 20.0. The number of carbonyl (C=O) groups is 1. The second-order valence-electron chi connectivity index (χ2n) is 10.5. The van der Waals surface area contributed by atoms with Crippen LogP contribution in [0, 0.1) is 12.8 Å². The predicted octanol–water partition coefficient (Wildman–Crippen LogP) is 10.7. The van der Waals surface area contributed by atoms with Crippen molar-refractivity contribution < 1.29 is 9.53 Å². The highest BCUT2D eigenvalue weighted by atomic mass is 16.5. The van der Waals surface area contributed by atoms with Crippen molar-refractivity contribution in [1.82, 2.24) is 0 Å². The van der Waals surface area contributed by atoms with E-state index in [0.29, 0.717) is 12.3 Å². The molecule has 0 heterocycles. The van der Waals surface area contributed by atoms with Gasteiger partial charge in [0, 0.05) is 6.42 Å². The molecule has 0 aliphatic rings. The van der Waals surface area contributed by atoms with Crippen molar-refractivity contribution in [3.05, 3.63) is 29.8 Å². The van der Waals surface area contributed by atoms with Gasteiger partial charge in [-0.3, -0.25) is 4.79 Å². The van der Waals surface area contributed by atoms with Crippen LogP contribution in [-0.4, -0.2) is 5.97 Å². The molecule has 0 saturated heterocycles. The van der Waals surface area contributed by atoms with E-state index in [1.54, 1.807) is 0 Å². The Morgan fingerprint density at radius 1 is 0.647 bits per heavy atom. The molecule has 0 amide bonds. The molecule has 1 atom stereocenters. The molecule has 2 heteroatoms. The first-order valence-corrected chi connectivity index (χ1v) is 14.9. The lowest BCUT2D eigenvalue weighted by Gasteiger charge is -2.17. The quantitative estimate of drug-likeness (QED) is 0.0899. The predicted molar refractivity (Wildman–Crippen MR) is 149 cm³/mol. The highest BCUT2D eigenvalue weighted by molar-refractivity contribution is 5.73. The normalized spacial score (nSPS) is 12.1. The molecule has 0 N–H and O–H groups in total. The number of rotatable bonds is 23. The van der Waals surface area contributed by atoms with Gasteiger partial charge in [0.15, 0.2) is 0 Å². The van der Waals surface area contributed by atoms with Crippen molar-refractivity contribution in [2.45, 2.75) is 156 Å². The van der Waals surface area contributed by atoms with Crippen molar-refractivity contribution in [3.8, 4) is 5.75 Å². The number of esters is 1. The zero-order valence-electron chi connectivity index (χ0n) is 23.1. The van der Waals surface area contributed by atoms with Crippen LogP contribution in [-0.2, 0) is 4.79 Å². The number of unbranched alkanes of at least 4 members (excludes halogenated alkanes) is 16. The van der Waals surface area contributed by atoms with Gasteiger partial charge in [0.05, 0.1) is 0 Å². The minimum Gasteiger partial charge on any atom is -0.426 e. The van der Waals surface area contributed by atoms with Crippen LogP contribution in [0.15, 0.2) is 24.3 Å². The fourth-order valence-corrected chi connectivity index (χ4v) is 4.91. The molecule has 34 heavy (non-hydrogen) atoms. The largest absolute Gasteiger partial charge is 0.426 e. The average Bonchev–Trinajstić information content (AvgIpc) is 2.83. The standard InChI is InChI=1S/C32H56O2/c1-4-6-8-10-12-14-15-17-19-21-26-30(25-20-18-16-13-11-9-7-5-2)28-32(33)34-31-27-23-22-24-29(31)3/h22-24,27,30H,4-21,25-26,28H2,1-3H3. The molecule has 0 saturated carbocycles. The summed E-state index contributed by atoms with van der Waals surface area (Å²) in [6, 6.07) is 7.84. The lowest BCUT2D eigenvalue weighted by atomic mass is 9.91. The van der Waals surface area contributed by atoms with E-state index in [1.165, 1.54) is 128 Å². The smallest absolute Gasteiger partial charge is 0.311 e. The van der Waals surface area contributed by atoms with Crippen molar-refractivity contribution in [1.29, 1.82) is 0 Å². The van der Waals surface area contributed by atoms with Crippen LogP contribution in [0.1, 0.15) is 154 Å². The molecule has 0 aromatic heterocycles. The highest BCUT2D eigenvalue weighted by Crippen LogP contribution is 2.24. The van der Waals surface area contributed by atoms with Gasteiger partial charge in [-0.25, -0.2) is 0 Å². The molecular formula is C32H56O2. The summed E-state index contributed by atoms with van der Waals surface area (Å²) in [5.41, 5.74) is 1.03. The first kappa shape index (κ1) is 30.7. The van der Waals surface area contributed by atoms with Crippen LogP contribution >= 0.6 is 0 Å². The van der Waals surface area contributed by atoms with Crippen LogP contribution < -0.4 is 4.74 Å². The van der Waals surface area contributed by atoms with Crippen LogP contribution in [0.4, 0.5) is 0 Å². The maximum absolute atomic E-state index is 12.7. The fourth-order valence-electron chi connectivity index (χ4n) is 4.91. The van der Waals surface area contributed by atoms with E-state index >= 15 is 0 Å². The molecule has 196 valence electrons. The molecule has 1 aromatic carbocycles. The second kappa shape index (κ2) is 22.2. The topological polar surface area (TPSA) is 26.3 Å². The van der Waals surface area contributed by atoms with E-state index in [4.69, 9.17) is 4.74 Å². The molecule has 0 aliphatic heterocycles.